The highest BCUT2D eigenvalue weighted by Gasteiger charge is 2.20. The quantitative estimate of drug-likeness (QED) is 0.687. The van der Waals surface area contributed by atoms with Crippen molar-refractivity contribution in [3.63, 3.8) is 0 Å². The van der Waals surface area contributed by atoms with E-state index < -0.39 is 0 Å². The van der Waals surface area contributed by atoms with Gasteiger partial charge in [-0.3, -0.25) is 0 Å². The van der Waals surface area contributed by atoms with E-state index in [4.69, 9.17) is 11.6 Å². The summed E-state index contributed by atoms with van der Waals surface area (Å²) in [6.45, 7) is 7.81. The van der Waals surface area contributed by atoms with E-state index in [1.807, 2.05) is 12.1 Å². The van der Waals surface area contributed by atoms with Gasteiger partial charge in [0.25, 0.3) is 0 Å². The predicted molar refractivity (Wildman–Crippen MR) is 84.3 cm³/mol. The molecule has 102 valence electrons. The van der Waals surface area contributed by atoms with Gasteiger partial charge in [0.15, 0.2) is 0 Å². The third-order valence-corrected chi connectivity index (χ3v) is 4.15. The molecule has 2 atom stereocenters. The lowest BCUT2D eigenvalue weighted by molar-refractivity contribution is 0.362. The molecule has 0 fully saturated rings. The van der Waals surface area contributed by atoms with E-state index in [1.54, 1.807) is 0 Å². The Balaban J connectivity index is 2.93. The molecule has 1 aromatic rings. The van der Waals surface area contributed by atoms with Crippen molar-refractivity contribution in [3.8, 4) is 0 Å². The number of benzene rings is 1. The lowest BCUT2D eigenvalue weighted by Gasteiger charge is -2.26. The van der Waals surface area contributed by atoms with Crippen LogP contribution in [0.15, 0.2) is 22.7 Å². The Bertz CT molecular complexity index is 368. The van der Waals surface area contributed by atoms with Gasteiger partial charge in [-0.05, 0) is 43.0 Å². The van der Waals surface area contributed by atoms with Crippen LogP contribution in [0.5, 0.6) is 0 Å². The van der Waals surface area contributed by atoms with Crippen LogP contribution in [0.4, 0.5) is 0 Å². The second-order valence-electron chi connectivity index (χ2n) is 4.86. The van der Waals surface area contributed by atoms with Crippen LogP contribution in [0.3, 0.4) is 0 Å². The molecule has 1 aromatic carbocycles. The van der Waals surface area contributed by atoms with Crippen molar-refractivity contribution in [2.24, 2.45) is 5.92 Å². The second kappa shape index (κ2) is 8.19. The highest BCUT2D eigenvalue weighted by atomic mass is 79.9. The molecule has 0 aliphatic heterocycles. The maximum absolute atomic E-state index is 6.02. The van der Waals surface area contributed by atoms with Crippen LogP contribution < -0.4 is 5.32 Å². The molecule has 1 nitrogen and oxygen atoms in total. The molecule has 0 radical (unpaired) electrons. The Morgan fingerprint density at radius 1 is 1.28 bits per heavy atom. The number of rotatable bonds is 7. The zero-order valence-corrected chi connectivity index (χ0v) is 13.8. The van der Waals surface area contributed by atoms with Crippen molar-refractivity contribution in [1.82, 2.24) is 5.32 Å². The largest absolute Gasteiger partial charge is 0.310 e. The Kier molecular flexibility index (Phi) is 7.28. The van der Waals surface area contributed by atoms with Gasteiger partial charge in [0.2, 0.25) is 0 Å². The Morgan fingerprint density at radius 3 is 2.56 bits per heavy atom. The fourth-order valence-corrected chi connectivity index (χ4v) is 3.22. The minimum absolute atomic E-state index is 0.400. The van der Waals surface area contributed by atoms with Crippen LogP contribution in [0.1, 0.15) is 51.6 Å². The number of hydrogen-bond acceptors (Lipinski definition) is 1. The lowest BCUT2D eigenvalue weighted by atomic mass is 9.91. The smallest absolute Gasteiger partial charge is 0.0417 e. The first kappa shape index (κ1) is 16.0. The van der Waals surface area contributed by atoms with Crippen LogP contribution in [-0.4, -0.2) is 6.54 Å². The summed E-state index contributed by atoms with van der Waals surface area (Å²) in [6.07, 6.45) is 3.60. The zero-order valence-electron chi connectivity index (χ0n) is 11.5. The summed E-state index contributed by atoms with van der Waals surface area (Å²) in [5.74, 6) is 0.624. The summed E-state index contributed by atoms with van der Waals surface area (Å²) in [4.78, 5) is 0. The normalized spacial score (nSPS) is 14.5. The van der Waals surface area contributed by atoms with Gasteiger partial charge in [0.1, 0.15) is 0 Å². The monoisotopic (exact) mass is 331 g/mol. The summed E-state index contributed by atoms with van der Waals surface area (Å²) in [5.41, 5.74) is 1.31. The molecule has 1 N–H and O–H groups in total. The zero-order chi connectivity index (χ0) is 13.5. The van der Waals surface area contributed by atoms with Crippen LogP contribution in [0, 0.1) is 5.92 Å². The molecule has 0 aliphatic carbocycles. The third-order valence-electron chi connectivity index (χ3n) is 3.22. The number of halogens is 2. The van der Waals surface area contributed by atoms with Crippen molar-refractivity contribution in [2.45, 2.75) is 46.1 Å². The minimum Gasteiger partial charge on any atom is -0.310 e. The number of nitrogens with one attached hydrogen (secondary N) is 1. The molecule has 18 heavy (non-hydrogen) atoms. The van der Waals surface area contributed by atoms with Crippen molar-refractivity contribution in [2.75, 3.05) is 6.54 Å². The SMILES string of the molecule is CCCNC(c1ccc(Cl)cc1Br)C(C)CCC. The molecule has 1 rings (SSSR count). The molecule has 0 aliphatic rings. The van der Waals surface area contributed by atoms with Crippen LogP contribution >= 0.6 is 27.5 Å². The molecule has 0 aromatic heterocycles. The molecule has 0 amide bonds. The Labute approximate surface area is 124 Å². The van der Waals surface area contributed by atoms with Gasteiger partial charge in [-0.25, -0.2) is 0 Å². The van der Waals surface area contributed by atoms with Crippen LogP contribution in [0.2, 0.25) is 5.02 Å². The second-order valence-corrected chi connectivity index (χ2v) is 6.15. The minimum atomic E-state index is 0.400. The molecule has 3 heteroatoms. The molecule has 2 unspecified atom stereocenters. The van der Waals surface area contributed by atoms with E-state index in [-0.39, 0.29) is 0 Å². The van der Waals surface area contributed by atoms with E-state index >= 15 is 0 Å². The van der Waals surface area contributed by atoms with E-state index in [0.29, 0.717) is 12.0 Å². The highest BCUT2D eigenvalue weighted by Crippen LogP contribution is 2.32. The lowest BCUT2D eigenvalue weighted by Crippen LogP contribution is -2.28. The Hall–Kier alpha value is -0.0500. The highest BCUT2D eigenvalue weighted by molar-refractivity contribution is 9.10. The summed E-state index contributed by atoms with van der Waals surface area (Å²) in [7, 11) is 0. The first-order chi connectivity index (χ1) is 8.60. The predicted octanol–water partition coefficient (Wildman–Crippen LogP) is 5.58. The van der Waals surface area contributed by atoms with E-state index in [1.165, 1.54) is 18.4 Å². The van der Waals surface area contributed by atoms with Crippen molar-refractivity contribution >= 4 is 27.5 Å². The molecular formula is C15H23BrClN. The topological polar surface area (TPSA) is 12.0 Å². The first-order valence-corrected chi connectivity index (χ1v) is 7.95. The Morgan fingerprint density at radius 2 is 2.00 bits per heavy atom. The van der Waals surface area contributed by atoms with Gasteiger partial charge in [-0.1, -0.05) is 60.8 Å². The van der Waals surface area contributed by atoms with Crippen LogP contribution in [-0.2, 0) is 0 Å². The summed E-state index contributed by atoms with van der Waals surface area (Å²) in [5, 5.41) is 4.44. The van der Waals surface area contributed by atoms with Crippen molar-refractivity contribution < 1.29 is 0 Å². The van der Waals surface area contributed by atoms with E-state index in [0.717, 1.165) is 22.5 Å². The fourth-order valence-electron chi connectivity index (χ4n) is 2.29. The first-order valence-electron chi connectivity index (χ1n) is 6.78. The van der Waals surface area contributed by atoms with Gasteiger partial charge in [0.05, 0.1) is 0 Å². The van der Waals surface area contributed by atoms with Crippen molar-refractivity contribution in [3.05, 3.63) is 33.3 Å². The summed E-state index contributed by atoms with van der Waals surface area (Å²) in [6, 6.07) is 6.49. The molecule has 0 saturated heterocycles. The average Bonchev–Trinajstić information content (AvgIpc) is 2.32. The summed E-state index contributed by atoms with van der Waals surface area (Å²) < 4.78 is 1.10. The fraction of sp³-hybridized carbons (Fsp3) is 0.600. The molecule has 0 spiro atoms. The van der Waals surface area contributed by atoms with E-state index in [2.05, 4.69) is 48.1 Å². The molecule has 0 saturated carbocycles. The average molecular weight is 333 g/mol. The third kappa shape index (κ3) is 4.56. The van der Waals surface area contributed by atoms with Gasteiger partial charge in [-0.15, -0.1) is 0 Å². The maximum atomic E-state index is 6.02. The van der Waals surface area contributed by atoms with Gasteiger partial charge >= 0.3 is 0 Å². The number of hydrogen-bond donors (Lipinski definition) is 1. The van der Waals surface area contributed by atoms with Gasteiger partial charge in [-0.2, -0.15) is 0 Å². The molecule has 0 bridgehead atoms. The molecular weight excluding hydrogens is 310 g/mol. The standard InChI is InChI=1S/C15H23BrClN/c1-4-6-11(3)15(18-9-5-2)13-8-7-12(17)10-14(13)16/h7-8,10-11,15,18H,4-6,9H2,1-3H3. The van der Waals surface area contributed by atoms with Gasteiger partial charge < -0.3 is 5.32 Å². The van der Waals surface area contributed by atoms with Crippen LogP contribution in [0.25, 0.3) is 0 Å². The van der Waals surface area contributed by atoms with E-state index in [9.17, 15) is 0 Å². The molecule has 0 heterocycles. The maximum Gasteiger partial charge on any atom is 0.0417 e. The summed E-state index contributed by atoms with van der Waals surface area (Å²) >= 11 is 9.65. The van der Waals surface area contributed by atoms with Crippen molar-refractivity contribution in [1.29, 1.82) is 0 Å². The van der Waals surface area contributed by atoms with Gasteiger partial charge in [0, 0.05) is 15.5 Å².